The van der Waals surface area contributed by atoms with Crippen molar-refractivity contribution in [2.45, 2.75) is 52.6 Å². The van der Waals surface area contributed by atoms with Gasteiger partial charge in [0.2, 0.25) is 5.91 Å². The summed E-state index contributed by atoms with van der Waals surface area (Å²) in [6.07, 6.45) is 2.88. The van der Waals surface area contributed by atoms with Crippen LogP contribution in [-0.2, 0) is 11.3 Å². The summed E-state index contributed by atoms with van der Waals surface area (Å²) >= 11 is 1.80. The average Bonchev–Trinajstić information content (AvgIpc) is 3.29. The van der Waals surface area contributed by atoms with E-state index < -0.39 is 0 Å². The standard InChI is InChI=1S/C22H30N2OS/c1-16(2)24(22(25)11-8-18-12-13-23-14-18)15-19-9-10-21(26-19)20-7-5-4-6-17(20)3/h4-7,9-10,16,18,23H,8,11-15H2,1-3H3. The lowest BCUT2D eigenvalue weighted by molar-refractivity contribution is -0.133. The molecule has 4 heteroatoms. The largest absolute Gasteiger partial charge is 0.335 e. The van der Waals surface area contributed by atoms with E-state index in [4.69, 9.17) is 0 Å². The molecule has 140 valence electrons. The van der Waals surface area contributed by atoms with E-state index >= 15 is 0 Å². The first-order chi connectivity index (χ1) is 12.5. The highest BCUT2D eigenvalue weighted by atomic mass is 32.1. The number of benzene rings is 1. The average molecular weight is 371 g/mol. The normalized spacial score (nSPS) is 17.0. The highest BCUT2D eigenvalue weighted by molar-refractivity contribution is 7.15. The SMILES string of the molecule is Cc1ccccc1-c1ccc(CN(C(=O)CCC2CCNC2)C(C)C)s1. The van der Waals surface area contributed by atoms with Crippen molar-refractivity contribution < 1.29 is 4.79 Å². The van der Waals surface area contributed by atoms with Crippen LogP contribution in [0.1, 0.15) is 43.6 Å². The number of nitrogens with zero attached hydrogens (tertiary/aromatic N) is 1. The van der Waals surface area contributed by atoms with Crippen molar-refractivity contribution in [3.63, 3.8) is 0 Å². The van der Waals surface area contributed by atoms with Crippen molar-refractivity contribution in [2.24, 2.45) is 5.92 Å². The lowest BCUT2D eigenvalue weighted by Crippen LogP contribution is -2.36. The van der Waals surface area contributed by atoms with Crippen LogP contribution in [0.5, 0.6) is 0 Å². The van der Waals surface area contributed by atoms with E-state index in [0.717, 1.165) is 26.1 Å². The molecule has 2 heterocycles. The van der Waals surface area contributed by atoms with Gasteiger partial charge in [0, 0.05) is 22.2 Å². The zero-order chi connectivity index (χ0) is 18.5. The lowest BCUT2D eigenvalue weighted by atomic mass is 10.0. The van der Waals surface area contributed by atoms with Gasteiger partial charge in [0.05, 0.1) is 6.54 Å². The summed E-state index contributed by atoms with van der Waals surface area (Å²) < 4.78 is 0. The second-order valence-corrected chi connectivity index (χ2v) is 8.76. The third-order valence-corrected chi connectivity index (χ3v) is 6.37. The van der Waals surface area contributed by atoms with E-state index in [1.807, 2.05) is 4.90 Å². The molecule has 1 aliphatic heterocycles. The van der Waals surface area contributed by atoms with E-state index in [1.165, 1.54) is 27.3 Å². The summed E-state index contributed by atoms with van der Waals surface area (Å²) in [5.41, 5.74) is 2.59. The van der Waals surface area contributed by atoms with Gasteiger partial charge in [-0.05, 0) is 75.9 Å². The third kappa shape index (κ3) is 4.74. The number of rotatable bonds is 7. The number of carbonyl (C=O) groups is 1. The van der Waals surface area contributed by atoms with E-state index in [9.17, 15) is 4.79 Å². The molecule has 1 atom stereocenters. The van der Waals surface area contributed by atoms with Gasteiger partial charge in [-0.1, -0.05) is 24.3 Å². The van der Waals surface area contributed by atoms with Crippen LogP contribution in [0, 0.1) is 12.8 Å². The van der Waals surface area contributed by atoms with Gasteiger partial charge in [0.1, 0.15) is 0 Å². The van der Waals surface area contributed by atoms with Crippen LogP contribution in [0.3, 0.4) is 0 Å². The highest BCUT2D eigenvalue weighted by Gasteiger charge is 2.21. The maximum atomic E-state index is 12.8. The molecule has 0 bridgehead atoms. The van der Waals surface area contributed by atoms with E-state index in [1.54, 1.807) is 11.3 Å². The first-order valence-corrected chi connectivity index (χ1v) is 10.5. The molecule has 1 saturated heterocycles. The molecule has 1 unspecified atom stereocenters. The van der Waals surface area contributed by atoms with E-state index in [2.05, 4.69) is 62.5 Å². The van der Waals surface area contributed by atoms with Gasteiger partial charge in [-0.15, -0.1) is 11.3 Å². The molecular formula is C22H30N2OS. The molecule has 0 radical (unpaired) electrons. The Bertz CT molecular complexity index is 731. The molecule has 2 aromatic rings. The van der Waals surface area contributed by atoms with Gasteiger partial charge in [0.15, 0.2) is 0 Å². The minimum absolute atomic E-state index is 0.230. The number of carbonyl (C=O) groups excluding carboxylic acids is 1. The fraction of sp³-hybridized carbons (Fsp3) is 0.500. The Morgan fingerprint density at radius 2 is 2.08 bits per heavy atom. The van der Waals surface area contributed by atoms with Gasteiger partial charge in [0.25, 0.3) is 0 Å². The highest BCUT2D eigenvalue weighted by Crippen LogP contribution is 2.31. The fourth-order valence-electron chi connectivity index (χ4n) is 3.62. The van der Waals surface area contributed by atoms with Crippen LogP contribution in [0.25, 0.3) is 10.4 Å². The topological polar surface area (TPSA) is 32.3 Å². The van der Waals surface area contributed by atoms with Crippen LogP contribution >= 0.6 is 11.3 Å². The maximum absolute atomic E-state index is 12.8. The zero-order valence-corrected chi connectivity index (χ0v) is 16.9. The number of amides is 1. The lowest BCUT2D eigenvalue weighted by Gasteiger charge is -2.27. The number of nitrogens with one attached hydrogen (secondary N) is 1. The minimum Gasteiger partial charge on any atom is -0.335 e. The van der Waals surface area contributed by atoms with Crippen molar-refractivity contribution in [3.8, 4) is 10.4 Å². The Kier molecular flexibility index (Phi) is 6.49. The Balaban J connectivity index is 1.64. The molecule has 1 N–H and O–H groups in total. The molecule has 1 aromatic heterocycles. The predicted octanol–water partition coefficient (Wildman–Crippen LogP) is 4.85. The second-order valence-electron chi connectivity index (χ2n) is 7.59. The van der Waals surface area contributed by atoms with Crippen molar-refractivity contribution in [3.05, 3.63) is 46.8 Å². The Labute approximate surface area is 161 Å². The number of hydrogen-bond donors (Lipinski definition) is 1. The molecule has 1 fully saturated rings. The third-order valence-electron chi connectivity index (χ3n) is 5.27. The van der Waals surface area contributed by atoms with Crippen LogP contribution in [0.4, 0.5) is 0 Å². The molecule has 0 aliphatic carbocycles. The quantitative estimate of drug-likeness (QED) is 0.755. The van der Waals surface area contributed by atoms with Gasteiger partial charge in [-0.25, -0.2) is 0 Å². The molecule has 3 nitrogen and oxygen atoms in total. The van der Waals surface area contributed by atoms with Gasteiger partial charge >= 0.3 is 0 Å². The van der Waals surface area contributed by atoms with Crippen LogP contribution in [0.2, 0.25) is 0 Å². The fourth-order valence-corrected chi connectivity index (χ4v) is 4.71. The summed E-state index contributed by atoms with van der Waals surface area (Å²) in [6.45, 7) is 9.27. The van der Waals surface area contributed by atoms with E-state index in [-0.39, 0.29) is 11.9 Å². The number of thiophene rings is 1. The van der Waals surface area contributed by atoms with E-state index in [0.29, 0.717) is 12.3 Å². The maximum Gasteiger partial charge on any atom is 0.223 e. The molecule has 1 aliphatic rings. The molecule has 3 rings (SSSR count). The zero-order valence-electron chi connectivity index (χ0n) is 16.1. The Morgan fingerprint density at radius 1 is 1.27 bits per heavy atom. The van der Waals surface area contributed by atoms with Crippen LogP contribution < -0.4 is 5.32 Å². The second kappa shape index (κ2) is 8.83. The monoisotopic (exact) mass is 370 g/mol. The van der Waals surface area contributed by atoms with Crippen LogP contribution in [0.15, 0.2) is 36.4 Å². The molecule has 0 spiro atoms. The summed E-state index contributed by atoms with van der Waals surface area (Å²) in [5, 5.41) is 3.39. The summed E-state index contributed by atoms with van der Waals surface area (Å²) in [7, 11) is 0. The van der Waals surface area contributed by atoms with Crippen molar-refractivity contribution in [1.82, 2.24) is 10.2 Å². The predicted molar refractivity (Wildman–Crippen MR) is 110 cm³/mol. The summed E-state index contributed by atoms with van der Waals surface area (Å²) in [5.74, 6) is 0.958. The molecule has 0 saturated carbocycles. The minimum atomic E-state index is 0.230. The van der Waals surface area contributed by atoms with Gasteiger partial charge in [-0.3, -0.25) is 4.79 Å². The van der Waals surface area contributed by atoms with Crippen molar-refractivity contribution in [2.75, 3.05) is 13.1 Å². The first kappa shape index (κ1) is 19.1. The van der Waals surface area contributed by atoms with Gasteiger partial charge < -0.3 is 10.2 Å². The van der Waals surface area contributed by atoms with Crippen molar-refractivity contribution >= 4 is 17.2 Å². The molecular weight excluding hydrogens is 340 g/mol. The molecule has 1 aromatic carbocycles. The van der Waals surface area contributed by atoms with Gasteiger partial charge in [-0.2, -0.15) is 0 Å². The molecule has 1 amide bonds. The van der Waals surface area contributed by atoms with Crippen molar-refractivity contribution in [1.29, 1.82) is 0 Å². The Hall–Kier alpha value is -1.65. The summed E-state index contributed by atoms with van der Waals surface area (Å²) in [6, 6.07) is 13.1. The first-order valence-electron chi connectivity index (χ1n) is 9.69. The smallest absolute Gasteiger partial charge is 0.223 e. The number of aryl methyl sites for hydroxylation is 1. The molecule has 26 heavy (non-hydrogen) atoms. The number of hydrogen-bond acceptors (Lipinski definition) is 3. The summed E-state index contributed by atoms with van der Waals surface area (Å²) in [4.78, 5) is 17.4. The Morgan fingerprint density at radius 3 is 2.77 bits per heavy atom. The van der Waals surface area contributed by atoms with Crippen LogP contribution in [-0.4, -0.2) is 29.9 Å².